The largest absolute Gasteiger partial charge is 0.329 e. The number of hydrogen-bond donors (Lipinski definition) is 0. The first-order chi connectivity index (χ1) is 6.01. The molecule has 1 unspecified atom stereocenters. The first kappa shape index (κ1) is 10.0. The van der Waals surface area contributed by atoms with E-state index in [9.17, 15) is 9.18 Å². The third-order valence-electron chi connectivity index (χ3n) is 2.67. The van der Waals surface area contributed by atoms with Crippen molar-refractivity contribution in [2.24, 2.45) is 0 Å². The van der Waals surface area contributed by atoms with Gasteiger partial charge in [0.2, 0.25) is 0 Å². The number of nitrogens with zero attached hydrogens (tertiary/aromatic N) is 1. The maximum absolute atomic E-state index is 13.6. The van der Waals surface area contributed by atoms with Gasteiger partial charge in [-0.3, -0.25) is 4.79 Å². The van der Waals surface area contributed by atoms with Gasteiger partial charge in [0.25, 0.3) is 5.91 Å². The predicted octanol–water partition coefficient (Wildman–Crippen LogP) is 1.36. The Hall–Kier alpha value is -1.04. The van der Waals surface area contributed by atoms with Crippen LogP contribution in [0.1, 0.15) is 26.2 Å². The van der Waals surface area contributed by atoms with Crippen LogP contribution in [0.3, 0.4) is 0 Å². The summed E-state index contributed by atoms with van der Waals surface area (Å²) in [5, 5.41) is 0. The average molecular weight is 183 g/mol. The van der Waals surface area contributed by atoms with Crippen LogP contribution in [0, 0.1) is 12.3 Å². The van der Waals surface area contributed by atoms with Crippen LogP contribution in [0.4, 0.5) is 4.39 Å². The Morgan fingerprint density at radius 3 is 2.54 bits per heavy atom. The van der Waals surface area contributed by atoms with Crippen LogP contribution >= 0.6 is 0 Å². The molecule has 0 heterocycles. The second-order valence-electron chi connectivity index (χ2n) is 3.58. The number of amides is 1. The average Bonchev–Trinajstić information content (AvgIpc) is 2.10. The predicted molar refractivity (Wildman–Crippen MR) is 48.8 cm³/mol. The van der Waals surface area contributed by atoms with Gasteiger partial charge < -0.3 is 4.90 Å². The monoisotopic (exact) mass is 183 g/mol. The smallest absolute Gasteiger partial charge is 0.260 e. The van der Waals surface area contributed by atoms with E-state index in [4.69, 9.17) is 6.42 Å². The fourth-order valence-corrected chi connectivity index (χ4v) is 1.30. The zero-order chi connectivity index (χ0) is 10.1. The number of carbonyl (C=O) groups excluding carboxylic acids is 1. The lowest BCUT2D eigenvalue weighted by molar-refractivity contribution is -0.149. The summed E-state index contributed by atoms with van der Waals surface area (Å²) in [7, 11) is 1.55. The minimum Gasteiger partial charge on any atom is -0.329 e. The lowest BCUT2D eigenvalue weighted by Gasteiger charge is -2.36. The Bertz CT molecular complexity index is 252. The van der Waals surface area contributed by atoms with Crippen LogP contribution in [0.25, 0.3) is 0 Å². The topological polar surface area (TPSA) is 20.3 Å². The molecule has 0 spiro atoms. The molecule has 1 saturated carbocycles. The molecular formula is C10H14FNO. The van der Waals surface area contributed by atoms with E-state index >= 15 is 0 Å². The molecule has 0 aromatic carbocycles. The summed E-state index contributed by atoms with van der Waals surface area (Å²) >= 11 is 0. The third-order valence-corrected chi connectivity index (χ3v) is 2.67. The zero-order valence-corrected chi connectivity index (χ0v) is 8.01. The highest BCUT2D eigenvalue weighted by molar-refractivity contribution is 5.86. The molecule has 0 radical (unpaired) electrons. The first-order valence-electron chi connectivity index (χ1n) is 4.43. The molecule has 1 atom stereocenters. The van der Waals surface area contributed by atoms with Crippen molar-refractivity contribution in [2.45, 2.75) is 37.9 Å². The van der Waals surface area contributed by atoms with Gasteiger partial charge in [0.15, 0.2) is 5.67 Å². The fourth-order valence-electron chi connectivity index (χ4n) is 1.30. The van der Waals surface area contributed by atoms with E-state index < -0.39 is 11.6 Å². The highest BCUT2D eigenvalue weighted by Gasteiger charge is 2.46. The van der Waals surface area contributed by atoms with Crippen LogP contribution in [-0.2, 0) is 4.79 Å². The Balaban J connectivity index is 2.62. The maximum atomic E-state index is 13.6. The van der Waals surface area contributed by atoms with E-state index in [2.05, 4.69) is 5.92 Å². The molecule has 0 aliphatic heterocycles. The molecule has 72 valence electrons. The SMILES string of the molecule is C#CC(C)N(C)C(=O)C1(F)CCC1. The third kappa shape index (κ3) is 1.67. The molecule has 0 aromatic heterocycles. The normalized spacial score (nSPS) is 21.1. The molecule has 13 heavy (non-hydrogen) atoms. The minimum absolute atomic E-state index is 0.333. The number of rotatable bonds is 2. The van der Waals surface area contributed by atoms with Gasteiger partial charge in [0.1, 0.15) is 0 Å². The maximum Gasteiger partial charge on any atom is 0.260 e. The minimum atomic E-state index is -1.63. The molecular weight excluding hydrogens is 169 g/mol. The van der Waals surface area contributed by atoms with Gasteiger partial charge in [-0.1, -0.05) is 5.92 Å². The second kappa shape index (κ2) is 3.37. The van der Waals surface area contributed by atoms with Gasteiger partial charge in [0.05, 0.1) is 6.04 Å². The van der Waals surface area contributed by atoms with Crippen molar-refractivity contribution < 1.29 is 9.18 Å². The van der Waals surface area contributed by atoms with Gasteiger partial charge in [-0.2, -0.15) is 0 Å². The van der Waals surface area contributed by atoms with E-state index in [1.54, 1.807) is 14.0 Å². The van der Waals surface area contributed by atoms with Crippen molar-refractivity contribution in [1.82, 2.24) is 4.90 Å². The lowest BCUT2D eigenvalue weighted by atomic mass is 9.81. The van der Waals surface area contributed by atoms with Crippen LogP contribution in [0.5, 0.6) is 0 Å². The van der Waals surface area contributed by atoms with Crippen molar-refractivity contribution >= 4 is 5.91 Å². The Kier molecular flexibility index (Phi) is 2.60. The summed E-state index contributed by atoms with van der Waals surface area (Å²) in [5.41, 5.74) is -1.63. The highest BCUT2D eigenvalue weighted by atomic mass is 19.1. The molecule has 2 nitrogen and oxygen atoms in total. The van der Waals surface area contributed by atoms with Crippen molar-refractivity contribution in [1.29, 1.82) is 0 Å². The molecule has 0 aromatic rings. The Morgan fingerprint density at radius 2 is 2.23 bits per heavy atom. The van der Waals surface area contributed by atoms with Crippen LogP contribution in [-0.4, -0.2) is 29.6 Å². The molecule has 1 aliphatic carbocycles. The highest BCUT2D eigenvalue weighted by Crippen LogP contribution is 2.37. The van der Waals surface area contributed by atoms with Crippen molar-refractivity contribution in [2.75, 3.05) is 7.05 Å². The van der Waals surface area contributed by atoms with Gasteiger partial charge >= 0.3 is 0 Å². The quantitative estimate of drug-likeness (QED) is 0.592. The summed E-state index contributed by atoms with van der Waals surface area (Å²) in [6.45, 7) is 1.71. The fraction of sp³-hybridized carbons (Fsp3) is 0.700. The van der Waals surface area contributed by atoms with Gasteiger partial charge in [-0.25, -0.2) is 4.39 Å². The molecule has 1 fully saturated rings. The number of halogens is 1. The molecule has 1 aliphatic rings. The van der Waals surface area contributed by atoms with Gasteiger partial charge in [-0.05, 0) is 26.2 Å². The number of terminal acetylenes is 1. The van der Waals surface area contributed by atoms with Gasteiger partial charge in [-0.15, -0.1) is 6.42 Å². The lowest BCUT2D eigenvalue weighted by Crippen LogP contribution is -2.51. The van der Waals surface area contributed by atoms with E-state index in [-0.39, 0.29) is 6.04 Å². The van der Waals surface area contributed by atoms with Crippen LogP contribution in [0.2, 0.25) is 0 Å². The zero-order valence-electron chi connectivity index (χ0n) is 8.01. The van der Waals surface area contributed by atoms with Gasteiger partial charge in [0, 0.05) is 7.05 Å². The van der Waals surface area contributed by atoms with Crippen molar-refractivity contribution in [3.8, 4) is 12.3 Å². The van der Waals surface area contributed by atoms with E-state index in [1.807, 2.05) is 0 Å². The first-order valence-corrected chi connectivity index (χ1v) is 4.43. The van der Waals surface area contributed by atoms with E-state index in [0.29, 0.717) is 12.8 Å². The number of hydrogen-bond acceptors (Lipinski definition) is 1. The number of carbonyl (C=O) groups is 1. The summed E-state index contributed by atoms with van der Waals surface area (Å²) < 4.78 is 13.6. The summed E-state index contributed by atoms with van der Waals surface area (Å²) in [6.07, 6.45) is 6.62. The van der Waals surface area contributed by atoms with Crippen LogP contribution in [0.15, 0.2) is 0 Å². The van der Waals surface area contributed by atoms with Crippen molar-refractivity contribution in [3.05, 3.63) is 0 Å². The van der Waals surface area contributed by atoms with E-state index in [0.717, 1.165) is 6.42 Å². The molecule has 3 heteroatoms. The number of alkyl halides is 1. The van der Waals surface area contributed by atoms with Crippen molar-refractivity contribution in [3.63, 3.8) is 0 Å². The molecule has 1 amide bonds. The summed E-state index contributed by atoms with van der Waals surface area (Å²) in [6, 6.07) is -0.333. The molecule has 0 bridgehead atoms. The summed E-state index contributed by atoms with van der Waals surface area (Å²) in [5.74, 6) is 1.94. The molecule has 1 rings (SSSR count). The Labute approximate surface area is 78.1 Å². The second-order valence-corrected chi connectivity index (χ2v) is 3.58. The molecule has 0 saturated heterocycles. The molecule has 0 N–H and O–H groups in total. The standard InChI is InChI=1S/C10H14FNO/c1-4-8(2)12(3)9(13)10(11)6-5-7-10/h1,8H,5-7H2,2-3H3. The van der Waals surface area contributed by atoms with Crippen LogP contribution < -0.4 is 0 Å². The van der Waals surface area contributed by atoms with E-state index in [1.165, 1.54) is 4.90 Å². The summed E-state index contributed by atoms with van der Waals surface area (Å²) in [4.78, 5) is 12.8. The Morgan fingerprint density at radius 1 is 1.69 bits per heavy atom.